The monoisotopic (exact) mass is 1600 g/mol. The number of aliphatic hydroxyl groups is 6. The zero-order valence-corrected chi connectivity index (χ0v) is 63.5. The average Bonchev–Trinajstić information content (AvgIpc) is 0.768. The van der Waals surface area contributed by atoms with Gasteiger partial charge < -0.3 is 122 Å². The molecule has 7 aliphatic heterocycles. The standard InChI is InChI=1S/C77H93Cl2N7O26/c1-7-9-10-18-105-19-17-82-76(104)107-41-28-44-58(48(89)29-41)43-21-36(11-14-47(43)88)42-30-50(91)59-39-25-53(108-51-15-12-37(22-45(51)78)63(93)61(85-70(98)35(8-2)20-33(3)4)49(90)24-40(27-56(80)92)71(99)83-59)67(112-75-68(66(96)65(95)55(32-87)110-75)111-57-31-77(6,81)69(97)34(5)106-57)54(26-39)109-52-16-13-38(23-46(52)79)64(94)62(86-72(42)100)73(101)84-60(44)74(102)103/h11-16,21-23,25-26,28-29,33-35,40,42,55,57,59-66,68-69,75,87-89,93-97H,7-10,17-20,24,27,30-32,81H2,1-6H3,(H2,80,92)(H,82,104)(H,83,99)(H,84,101)(H,85,98)(H,86,100)(H,102,103)/t34-,35+,40-,42+,55+,57-,59+,60-,61-,62-,63+,64+,65+,66-,68+,69+,75-,77-/m0/s1. The number of Topliss-reactive ketones (excluding diaryl/α,β-unsaturated/α-hetero) is 2. The van der Waals surface area contributed by atoms with Crippen molar-refractivity contribution >= 4 is 76.4 Å². The van der Waals surface area contributed by atoms with Gasteiger partial charge in [-0.25, -0.2) is 9.59 Å². The first-order chi connectivity index (χ1) is 53.1. The molecule has 0 aliphatic carbocycles. The van der Waals surface area contributed by atoms with E-state index in [1.165, 1.54) is 32.0 Å². The minimum Gasteiger partial charge on any atom is -0.507 e. The minimum atomic E-state index is -2.31. The number of carboxylic acids is 1. The lowest BCUT2D eigenvalue weighted by Gasteiger charge is -2.47. The number of primary amides is 1. The summed E-state index contributed by atoms with van der Waals surface area (Å²) in [7, 11) is 0. The number of hydrogen-bond donors (Lipinski definition) is 16. The number of aliphatic hydroxyl groups excluding tert-OH is 6. The van der Waals surface area contributed by atoms with Crippen molar-refractivity contribution in [2.45, 2.75) is 196 Å². The van der Waals surface area contributed by atoms with Crippen molar-refractivity contribution in [1.29, 1.82) is 0 Å². The number of nitrogens with one attached hydrogen (secondary N) is 5. The maximum absolute atomic E-state index is 16.4. The average molecular weight is 1600 g/mol. The van der Waals surface area contributed by atoms with Gasteiger partial charge in [-0.2, -0.15) is 0 Å². The molecule has 33 nitrogen and oxygen atoms in total. The Bertz CT molecular complexity index is 4360. The maximum atomic E-state index is 16.4. The molecule has 35 heteroatoms. The predicted molar refractivity (Wildman–Crippen MR) is 396 cm³/mol. The van der Waals surface area contributed by atoms with E-state index in [0.29, 0.717) is 13.0 Å². The highest BCUT2D eigenvalue weighted by Gasteiger charge is 2.52. The molecule has 7 aliphatic rings. The van der Waals surface area contributed by atoms with Crippen LogP contribution < -0.4 is 57.0 Å². The van der Waals surface area contributed by atoms with E-state index in [9.17, 15) is 65.1 Å². The second kappa shape index (κ2) is 36.7. The molecule has 2 saturated heterocycles. The number of ether oxygens (including phenoxy) is 8. The second-order valence-electron chi connectivity index (χ2n) is 29.2. The maximum Gasteiger partial charge on any atom is 0.412 e. The van der Waals surface area contributed by atoms with Gasteiger partial charge in [0.05, 0.1) is 47.3 Å². The fourth-order valence-corrected chi connectivity index (χ4v) is 14.7. The van der Waals surface area contributed by atoms with Crippen LogP contribution in [0.4, 0.5) is 4.79 Å². The third kappa shape index (κ3) is 19.6. The van der Waals surface area contributed by atoms with Crippen LogP contribution in [0, 0.1) is 17.8 Å². The molecule has 5 aromatic carbocycles. The fourth-order valence-electron chi connectivity index (χ4n) is 14.2. The predicted octanol–water partition coefficient (Wildman–Crippen LogP) is 5.11. The summed E-state index contributed by atoms with van der Waals surface area (Å²) in [5.41, 5.74) is 8.40. The summed E-state index contributed by atoms with van der Waals surface area (Å²) < 4.78 is 49.7. The first-order valence-electron chi connectivity index (χ1n) is 36.7. The Morgan fingerprint density at radius 1 is 0.741 bits per heavy atom. The Morgan fingerprint density at radius 3 is 2.01 bits per heavy atom. The molecule has 12 rings (SSSR count). The third-order valence-electron chi connectivity index (χ3n) is 20.2. The lowest BCUT2D eigenvalue weighted by molar-refractivity contribution is -0.333. The number of nitrogens with two attached hydrogens (primary N) is 2. The van der Waals surface area contributed by atoms with Gasteiger partial charge >= 0.3 is 12.1 Å². The Morgan fingerprint density at radius 2 is 1.40 bits per heavy atom. The Hall–Kier alpha value is -9.33. The molecule has 5 aromatic rings. The summed E-state index contributed by atoms with van der Waals surface area (Å²) in [5, 5.41) is 117. The van der Waals surface area contributed by atoms with Crippen molar-refractivity contribution in [1.82, 2.24) is 26.6 Å². The van der Waals surface area contributed by atoms with Gasteiger partial charge in [0.25, 0.3) is 0 Å². The number of phenolic OH excluding ortho intramolecular Hbond substituents is 2. The number of rotatable bonds is 21. The Labute approximate surface area is 652 Å². The van der Waals surface area contributed by atoms with Crippen LogP contribution >= 0.6 is 23.2 Å². The summed E-state index contributed by atoms with van der Waals surface area (Å²) >= 11 is 14.3. The van der Waals surface area contributed by atoms with E-state index in [-0.39, 0.29) is 65.1 Å². The number of halogens is 2. The van der Waals surface area contributed by atoms with Crippen LogP contribution in [-0.2, 0) is 57.3 Å². The van der Waals surface area contributed by atoms with Crippen LogP contribution in [-0.4, -0.2) is 192 Å². The number of aliphatic carboxylic acids is 1. The van der Waals surface area contributed by atoms with Crippen LogP contribution in [0.2, 0.25) is 10.0 Å². The first-order valence-corrected chi connectivity index (χ1v) is 37.4. The van der Waals surface area contributed by atoms with Crippen LogP contribution in [0.1, 0.15) is 157 Å². The lowest BCUT2D eigenvalue weighted by atomic mass is 9.84. The molecule has 0 saturated carbocycles. The summed E-state index contributed by atoms with van der Waals surface area (Å²) in [6.07, 6.45) is -18.5. The first kappa shape index (κ1) is 85.1. The van der Waals surface area contributed by atoms with Crippen molar-refractivity contribution in [3.63, 3.8) is 0 Å². The zero-order chi connectivity index (χ0) is 81.5. The minimum absolute atomic E-state index is 0.0257. The molecule has 7 heterocycles. The number of phenols is 2. The number of fused-ring (bicyclic) bond motifs is 15. The molecule has 6 amide bonds. The molecular formula is C77H93Cl2N7O26. The van der Waals surface area contributed by atoms with Gasteiger partial charge in [0.15, 0.2) is 41.5 Å². The normalized spacial score (nSPS) is 27.8. The molecule has 2 fully saturated rings. The van der Waals surface area contributed by atoms with Gasteiger partial charge in [-0.05, 0) is 116 Å². The van der Waals surface area contributed by atoms with Gasteiger partial charge in [-0.1, -0.05) is 81.9 Å². The number of carbonyl (C=O) groups excluding carboxylic acids is 8. The molecule has 0 unspecified atom stereocenters. The van der Waals surface area contributed by atoms with E-state index in [4.69, 9.17) is 72.6 Å². The molecule has 0 spiro atoms. The smallest absolute Gasteiger partial charge is 0.412 e. The quantitative estimate of drug-likeness (QED) is 0.0424. The van der Waals surface area contributed by atoms with E-state index in [1.807, 2.05) is 20.8 Å². The number of aromatic hydroxyl groups is 2. The van der Waals surface area contributed by atoms with Crippen molar-refractivity contribution in [2.24, 2.45) is 29.2 Å². The van der Waals surface area contributed by atoms with Crippen LogP contribution in [0.3, 0.4) is 0 Å². The van der Waals surface area contributed by atoms with Gasteiger partial charge in [0, 0.05) is 73.0 Å². The molecule has 0 radical (unpaired) electrons. The van der Waals surface area contributed by atoms with Gasteiger partial charge in [0.2, 0.25) is 41.6 Å². The molecule has 0 aromatic heterocycles. The molecular weight excluding hydrogens is 1510 g/mol. The summed E-state index contributed by atoms with van der Waals surface area (Å²) in [6, 6.07) is 5.63. The van der Waals surface area contributed by atoms with E-state index in [2.05, 4.69) is 26.6 Å². The number of hydrogen-bond acceptors (Lipinski definition) is 26. The molecule has 112 heavy (non-hydrogen) atoms. The number of carbonyl (C=O) groups is 9. The van der Waals surface area contributed by atoms with Gasteiger partial charge in [0.1, 0.15) is 77.4 Å². The number of unbranched alkanes of at least 4 members (excludes halogenated alkanes) is 2. The zero-order valence-electron chi connectivity index (χ0n) is 62.0. The van der Waals surface area contributed by atoms with E-state index < -0.39 is 250 Å². The second-order valence-corrected chi connectivity index (χ2v) is 30.0. The van der Waals surface area contributed by atoms with Crippen molar-refractivity contribution in [3.8, 4) is 57.1 Å². The lowest BCUT2D eigenvalue weighted by Crippen LogP contribution is -2.64. The largest absolute Gasteiger partial charge is 0.507 e. The van der Waals surface area contributed by atoms with Crippen LogP contribution in [0.25, 0.3) is 11.1 Å². The number of amides is 6. The van der Waals surface area contributed by atoms with Crippen molar-refractivity contribution in [3.05, 3.63) is 117 Å². The molecule has 18 N–H and O–H groups in total. The summed E-state index contributed by atoms with van der Waals surface area (Å²) in [4.78, 5) is 132. The highest BCUT2D eigenvalue weighted by atomic mass is 35.5. The number of benzene rings is 5. The Balaban J connectivity index is 1.20. The highest BCUT2D eigenvalue weighted by molar-refractivity contribution is 6.32. The van der Waals surface area contributed by atoms with E-state index >= 15 is 24.0 Å². The number of carboxylic acid groups (broad SMARTS) is 1. The van der Waals surface area contributed by atoms with E-state index in [0.717, 1.165) is 79.9 Å². The summed E-state index contributed by atoms with van der Waals surface area (Å²) in [6.45, 7) is 9.99. The molecule has 606 valence electrons. The van der Waals surface area contributed by atoms with Crippen molar-refractivity contribution in [2.75, 3.05) is 26.4 Å². The summed E-state index contributed by atoms with van der Waals surface area (Å²) in [5.74, 6) is -19.1. The topological polar surface area (TPSA) is 522 Å². The van der Waals surface area contributed by atoms with Crippen LogP contribution in [0.15, 0.2) is 78.9 Å². The highest BCUT2D eigenvalue weighted by Crippen LogP contribution is 2.51. The van der Waals surface area contributed by atoms with Crippen molar-refractivity contribution < 1.29 is 127 Å². The third-order valence-corrected chi connectivity index (χ3v) is 20.8. The Kier molecular flexibility index (Phi) is 27.8. The van der Waals surface area contributed by atoms with Gasteiger partial charge in [-0.3, -0.25) is 33.6 Å². The molecule has 18 atom stereocenters. The van der Waals surface area contributed by atoms with Gasteiger partial charge in [-0.15, -0.1) is 0 Å². The fraction of sp³-hybridized carbons (Fsp3) is 0.494. The SMILES string of the molecule is CCCCCOCCNC(=O)Oc1cc(O)c2c(c1)[C@@H](C(=O)O)NC(=O)[C@H]1NC(=O)[C@H](CC(=O)[C@@H]3NC(=O)[C@H](CC(N)=O)CC(=O)[C@H](NC(=O)[C@H](CC)CC(C)C)[C@H](O)c4ccc(c(Cl)c4)Oc4cc3cc(c4O[C@@H]3O[C@H](CO)[C@@H](O)[C@H](O)[C@H]3O[C@H]3C[C@](C)(N)[C@H](O)[C@H](C)O3)Oc3ccc(cc3Cl)[C@H]1O)c1ccc(O)c-2c1. The molecule has 11 bridgehead atoms. The van der Waals surface area contributed by atoms with Crippen LogP contribution in [0.5, 0.6) is 46.0 Å². The van der Waals surface area contributed by atoms with E-state index in [1.54, 1.807) is 6.92 Å². The number of ketones is 2.